The van der Waals surface area contributed by atoms with Gasteiger partial charge in [0.1, 0.15) is 10.6 Å². The van der Waals surface area contributed by atoms with Crippen LogP contribution in [0.15, 0.2) is 8.85 Å². The van der Waals surface area contributed by atoms with E-state index in [9.17, 15) is 0 Å². The molecule has 5 heteroatoms. The van der Waals surface area contributed by atoms with Crippen molar-refractivity contribution in [3.05, 3.63) is 8.85 Å². The van der Waals surface area contributed by atoms with E-state index in [1.54, 1.807) is 0 Å². The normalized spacial score (nSPS) is 11.3. The van der Waals surface area contributed by atoms with E-state index in [2.05, 4.69) is 15.9 Å². The molecule has 0 rings (SSSR count). The summed E-state index contributed by atoms with van der Waals surface area (Å²) in [6, 6.07) is 3.83. The molecule has 0 heterocycles. The highest BCUT2D eigenvalue weighted by molar-refractivity contribution is 9.12. The number of nitrogens with zero attached hydrogens (tertiary/aromatic N) is 2. The van der Waals surface area contributed by atoms with E-state index in [1.165, 1.54) is 11.8 Å². The molecule has 0 aliphatic carbocycles. The van der Waals surface area contributed by atoms with Crippen LogP contribution in [0.1, 0.15) is 6.42 Å². The van der Waals surface area contributed by atoms with Crippen LogP contribution in [0.3, 0.4) is 0 Å². The second kappa shape index (κ2) is 6.54. The third-order valence-electron chi connectivity index (χ3n) is 0.713. The molecule has 0 N–H and O–H groups in total. The molecule has 0 aromatic heterocycles. The standard InChI is InChI=1S/C6H4BrClN2S/c7-5(4-10)6(8)11-3-1-2-9/h1,3H2/b6-5+. The van der Waals surface area contributed by atoms with Crippen LogP contribution in [0, 0.1) is 22.7 Å². The number of allylic oxidation sites excluding steroid dienone is 1. The number of hydrogen-bond donors (Lipinski definition) is 0. The summed E-state index contributed by atoms with van der Waals surface area (Å²) in [6.07, 6.45) is 0.437. The fourth-order valence-corrected chi connectivity index (χ4v) is 1.46. The molecule has 11 heavy (non-hydrogen) atoms. The third-order valence-corrected chi connectivity index (χ3v) is 3.16. The quantitative estimate of drug-likeness (QED) is 0.572. The summed E-state index contributed by atoms with van der Waals surface area (Å²) in [4.78, 5) is 0. The Labute approximate surface area is 83.0 Å². The van der Waals surface area contributed by atoms with Crippen molar-refractivity contribution in [3.63, 3.8) is 0 Å². The monoisotopic (exact) mass is 250 g/mol. The molecule has 0 bridgehead atoms. The van der Waals surface area contributed by atoms with E-state index >= 15 is 0 Å². The topological polar surface area (TPSA) is 47.6 Å². The Morgan fingerprint density at radius 1 is 1.55 bits per heavy atom. The SMILES string of the molecule is N#CCCS/C(Cl)=C(/Br)C#N. The summed E-state index contributed by atoms with van der Waals surface area (Å²) in [5.41, 5.74) is 0. The molecule has 0 atom stereocenters. The predicted molar refractivity (Wildman–Crippen MR) is 50.1 cm³/mol. The summed E-state index contributed by atoms with van der Waals surface area (Å²) in [5.74, 6) is 0.617. The average molecular weight is 252 g/mol. The average Bonchev–Trinajstić information content (AvgIpc) is 2.03. The van der Waals surface area contributed by atoms with Crippen molar-refractivity contribution in [1.29, 1.82) is 10.5 Å². The molecule has 0 aliphatic rings. The largest absolute Gasteiger partial charge is 0.198 e. The summed E-state index contributed by atoms with van der Waals surface area (Å²) in [5, 5.41) is 16.5. The zero-order valence-corrected chi connectivity index (χ0v) is 8.63. The van der Waals surface area contributed by atoms with Gasteiger partial charge in [-0.15, -0.1) is 11.8 Å². The van der Waals surface area contributed by atoms with Crippen molar-refractivity contribution >= 4 is 39.3 Å². The molecule has 58 valence electrons. The first-order valence-corrected chi connectivity index (χ1v) is 4.83. The van der Waals surface area contributed by atoms with Crippen LogP contribution < -0.4 is 0 Å². The minimum absolute atomic E-state index is 0.321. The Hall–Kier alpha value is -0.160. The third kappa shape index (κ3) is 5.15. The molecule has 0 aromatic carbocycles. The van der Waals surface area contributed by atoms with Gasteiger partial charge in [0.05, 0.1) is 10.4 Å². The van der Waals surface area contributed by atoms with Crippen LogP contribution in [0.4, 0.5) is 0 Å². The smallest absolute Gasteiger partial charge is 0.120 e. The highest BCUT2D eigenvalue weighted by Crippen LogP contribution is 2.27. The molecule has 2 nitrogen and oxygen atoms in total. The number of hydrogen-bond acceptors (Lipinski definition) is 3. The van der Waals surface area contributed by atoms with E-state index in [-0.39, 0.29) is 0 Å². The van der Waals surface area contributed by atoms with Crippen molar-refractivity contribution in [2.45, 2.75) is 6.42 Å². The van der Waals surface area contributed by atoms with Gasteiger partial charge >= 0.3 is 0 Å². The zero-order chi connectivity index (χ0) is 8.69. The molecule has 0 fully saturated rings. The Bertz CT molecular complexity index is 238. The van der Waals surface area contributed by atoms with Crippen LogP contribution in [0.25, 0.3) is 0 Å². The van der Waals surface area contributed by atoms with E-state index in [1.807, 2.05) is 12.1 Å². The number of rotatable bonds is 3. The second-order valence-corrected chi connectivity index (χ2v) is 3.96. The summed E-state index contributed by atoms with van der Waals surface area (Å²) < 4.78 is 0.727. The van der Waals surface area contributed by atoms with Gasteiger partial charge in [-0.25, -0.2) is 0 Å². The molecule has 0 unspecified atom stereocenters. The van der Waals surface area contributed by atoms with Crippen molar-refractivity contribution in [2.24, 2.45) is 0 Å². The molecule has 0 spiro atoms. The van der Waals surface area contributed by atoms with Gasteiger partial charge in [-0.1, -0.05) is 11.6 Å². The predicted octanol–water partition coefficient (Wildman–Crippen LogP) is 2.96. The first kappa shape index (κ1) is 10.8. The first-order chi connectivity index (χ1) is 5.22. The number of nitriles is 2. The van der Waals surface area contributed by atoms with Crippen LogP contribution in [0.5, 0.6) is 0 Å². The highest BCUT2D eigenvalue weighted by Gasteiger charge is 1.99. The maximum absolute atomic E-state index is 8.34. The van der Waals surface area contributed by atoms with Crippen molar-refractivity contribution < 1.29 is 0 Å². The Morgan fingerprint density at radius 2 is 2.18 bits per heavy atom. The van der Waals surface area contributed by atoms with Crippen LogP contribution in [-0.4, -0.2) is 5.75 Å². The lowest BCUT2D eigenvalue weighted by molar-refractivity contribution is 1.24. The summed E-state index contributed by atoms with van der Waals surface area (Å²) in [6.45, 7) is 0. The van der Waals surface area contributed by atoms with Gasteiger partial charge in [-0.3, -0.25) is 0 Å². The molecule has 0 aromatic rings. The molecule has 0 radical (unpaired) electrons. The summed E-state index contributed by atoms with van der Waals surface area (Å²) >= 11 is 9.89. The molecular weight excluding hydrogens is 248 g/mol. The van der Waals surface area contributed by atoms with Crippen molar-refractivity contribution in [2.75, 3.05) is 5.75 Å². The maximum atomic E-state index is 8.34. The molecular formula is C6H4BrClN2S. The van der Waals surface area contributed by atoms with Crippen LogP contribution >= 0.6 is 39.3 Å². The molecule has 0 aliphatic heterocycles. The maximum Gasteiger partial charge on any atom is 0.120 e. The Balaban J connectivity index is 3.81. The van der Waals surface area contributed by atoms with E-state index in [0.29, 0.717) is 21.0 Å². The minimum Gasteiger partial charge on any atom is -0.198 e. The minimum atomic E-state index is 0.321. The fraction of sp³-hybridized carbons (Fsp3) is 0.333. The zero-order valence-electron chi connectivity index (χ0n) is 5.47. The van der Waals surface area contributed by atoms with E-state index < -0.39 is 0 Å². The second-order valence-electron chi connectivity index (χ2n) is 1.46. The molecule has 0 saturated heterocycles. The molecule has 0 saturated carbocycles. The van der Waals surface area contributed by atoms with Crippen LogP contribution in [-0.2, 0) is 0 Å². The van der Waals surface area contributed by atoms with E-state index in [0.717, 1.165) is 0 Å². The fourth-order valence-electron chi connectivity index (χ4n) is 0.294. The van der Waals surface area contributed by atoms with Gasteiger partial charge in [0.25, 0.3) is 0 Å². The first-order valence-electron chi connectivity index (χ1n) is 2.67. The summed E-state index contributed by atoms with van der Waals surface area (Å²) in [7, 11) is 0. The van der Waals surface area contributed by atoms with Gasteiger partial charge < -0.3 is 0 Å². The van der Waals surface area contributed by atoms with Gasteiger partial charge in [0.15, 0.2) is 0 Å². The van der Waals surface area contributed by atoms with Crippen molar-refractivity contribution in [1.82, 2.24) is 0 Å². The Morgan fingerprint density at radius 3 is 2.64 bits per heavy atom. The van der Waals surface area contributed by atoms with Crippen LogP contribution in [0.2, 0.25) is 0 Å². The van der Waals surface area contributed by atoms with Gasteiger partial charge in [-0.05, 0) is 15.9 Å². The van der Waals surface area contributed by atoms with Crippen molar-refractivity contribution in [3.8, 4) is 12.1 Å². The van der Waals surface area contributed by atoms with Gasteiger partial charge in [0, 0.05) is 12.2 Å². The molecule has 0 amide bonds. The lowest BCUT2D eigenvalue weighted by atomic mass is 10.6. The van der Waals surface area contributed by atoms with Gasteiger partial charge in [-0.2, -0.15) is 10.5 Å². The van der Waals surface area contributed by atoms with E-state index in [4.69, 9.17) is 22.1 Å². The van der Waals surface area contributed by atoms with Gasteiger partial charge in [0.2, 0.25) is 0 Å². The highest BCUT2D eigenvalue weighted by atomic mass is 79.9. The lowest BCUT2D eigenvalue weighted by Gasteiger charge is -1.93. The Kier molecular flexibility index (Phi) is 6.45. The number of thioether (sulfide) groups is 1. The lowest BCUT2D eigenvalue weighted by Crippen LogP contribution is -1.75. The number of halogens is 2.